The molecular formula is C13H25N. The van der Waals surface area contributed by atoms with Gasteiger partial charge in [0.25, 0.3) is 0 Å². The van der Waals surface area contributed by atoms with Crippen molar-refractivity contribution in [2.75, 3.05) is 0 Å². The molecule has 2 fully saturated rings. The Morgan fingerprint density at radius 3 is 2.14 bits per heavy atom. The topological polar surface area (TPSA) is 26.0 Å². The zero-order valence-electron chi connectivity index (χ0n) is 9.71. The van der Waals surface area contributed by atoms with Gasteiger partial charge in [0.2, 0.25) is 0 Å². The lowest BCUT2D eigenvalue weighted by Gasteiger charge is -2.35. The third-order valence-electron chi connectivity index (χ3n) is 4.12. The van der Waals surface area contributed by atoms with Crippen LogP contribution in [0.15, 0.2) is 0 Å². The second-order valence-electron chi connectivity index (χ2n) is 6.02. The summed E-state index contributed by atoms with van der Waals surface area (Å²) in [7, 11) is 0. The normalized spacial score (nSPS) is 40.9. The number of hydrogen-bond donors (Lipinski definition) is 1. The van der Waals surface area contributed by atoms with Crippen molar-refractivity contribution in [3.05, 3.63) is 0 Å². The first-order chi connectivity index (χ1) is 6.65. The van der Waals surface area contributed by atoms with Gasteiger partial charge >= 0.3 is 0 Å². The van der Waals surface area contributed by atoms with Gasteiger partial charge in [-0.3, -0.25) is 0 Å². The Kier molecular flexibility index (Phi) is 3.16. The molecule has 14 heavy (non-hydrogen) atoms. The van der Waals surface area contributed by atoms with Gasteiger partial charge in [-0.1, -0.05) is 26.7 Å². The first-order valence-electron chi connectivity index (χ1n) is 6.40. The Bertz CT molecular complexity index is 176. The predicted molar refractivity (Wildman–Crippen MR) is 61.0 cm³/mol. The molecule has 0 bridgehead atoms. The van der Waals surface area contributed by atoms with Crippen LogP contribution in [0.4, 0.5) is 0 Å². The lowest BCUT2D eigenvalue weighted by atomic mass is 9.73. The molecule has 0 spiro atoms. The molecule has 0 amide bonds. The van der Waals surface area contributed by atoms with Crippen molar-refractivity contribution < 1.29 is 0 Å². The quantitative estimate of drug-likeness (QED) is 0.735. The van der Waals surface area contributed by atoms with Gasteiger partial charge < -0.3 is 5.73 Å². The summed E-state index contributed by atoms with van der Waals surface area (Å²) in [6, 6.07) is 0.507. The van der Waals surface area contributed by atoms with Crippen LogP contribution >= 0.6 is 0 Å². The van der Waals surface area contributed by atoms with Gasteiger partial charge in [-0.05, 0) is 49.4 Å². The maximum atomic E-state index is 6.31. The Morgan fingerprint density at radius 2 is 1.64 bits per heavy atom. The summed E-state index contributed by atoms with van der Waals surface area (Å²) in [5.74, 6) is 3.65. The standard InChI is InChI=1S/C13H25N/c1-9-5-10(2)7-12(6-9)13(14)8-11-3-4-11/h9-13H,3-8,14H2,1-2H3. The second kappa shape index (κ2) is 4.22. The van der Waals surface area contributed by atoms with Crippen LogP contribution in [-0.4, -0.2) is 6.04 Å². The van der Waals surface area contributed by atoms with Crippen molar-refractivity contribution in [1.82, 2.24) is 0 Å². The Balaban J connectivity index is 1.81. The summed E-state index contributed by atoms with van der Waals surface area (Å²) in [6.07, 6.45) is 8.41. The highest BCUT2D eigenvalue weighted by Crippen LogP contribution is 2.39. The highest BCUT2D eigenvalue weighted by molar-refractivity contribution is 4.86. The molecule has 0 aromatic heterocycles. The zero-order chi connectivity index (χ0) is 10.1. The van der Waals surface area contributed by atoms with E-state index in [1.54, 1.807) is 0 Å². The minimum atomic E-state index is 0.507. The minimum Gasteiger partial charge on any atom is -0.327 e. The summed E-state index contributed by atoms with van der Waals surface area (Å²) in [5.41, 5.74) is 6.31. The molecule has 82 valence electrons. The van der Waals surface area contributed by atoms with E-state index in [1.165, 1.54) is 38.5 Å². The molecule has 0 saturated heterocycles. The van der Waals surface area contributed by atoms with E-state index in [2.05, 4.69) is 13.8 Å². The summed E-state index contributed by atoms with van der Waals surface area (Å²) in [6.45, 7) is 4.79. The van der Waals surface area contributed by atoms with Gasteiger partial charge in [0.1, 0.15) is 0 Å². The van der Waals surface area contributed by atoms with E-state index in [9.17, 15) is 0 Å². The maximum absolute atomic E-state index is 6.31. The Morgan fingerprint density at radius 1 is 1.07 bits per heavy atom. The molecule has 2 aliphatic carbocycles. The number of rotatable bonds is 3. The Labute approximate surface area is 88.4 Å². The summed E-state index contributed by atoms with van der Waals surface area (Å²) in [5, 5.41) is 0. The SMILES string of the molecule is CC1CC(C)CC(C(N)CC2CC2)C1. The Hall–Kier alpha value is -0.0400. The third-order valence-corrected chi connectivity index (χ3v) is 4.12. The third kappa shape index (κ3) is 2.73. The number of hydrogen-bond acceptors (Lipinski definition) is 1. The molecule has 1 heteroatoms. The molecule has 3 unspecified atom stereocenters. The van der Waals surface area contributed by atoms with E-state index in [0.29, 0.717) is 6.04 Å². The molecule has 0 aromatic rings. The second-order valence-corrected chi connectivity index (χ2v) is 6.02. The maximum Gasteiger partial charge on any atom is 0.00700 e. The van der Waals surface area contributed by atoms with Crippen LogP contribution < -0.4 is 5.73 Å². The van der Waals surface area contributed by atoms with Gasteiger partial charge in [0.05, 0.1) is 0 Å². The molecular weight excluding hydrogens is 170 g/mol. The van der Waals surface area contributed by atoms with Crippen LogP contribution in [0.3, 0.4) is 0 Å². The fourth-order valence-corrected chi connectivity index (χ4v) is 3.29. The van der Waals surface area contributed by atoms with Crippen molar-refractivity contribution in [3.63, 3.8) is 0 Å². The molecule has 0 heterocycles. The summed E-state index contributed by atoms with van der Waals surface area (Å²) < 4.78 is 0. The predicted octanol–water partition coefficient (Wildman–Crippen LogP) is 3.19. The van der Waals surface area contributed by atoms with Crippen molar-refractivity contribution in [2.45, 2.75) is 58.4 Å². The molecule has 2 saturated carbocycles. The van der Waals surface area contributed by atoms with Crippen LogP contribution in [-0.2, 0) is 0 Å². The smallest absolute Gasteiger partial charge is 0.00700 e. The lowest BCUT2D eigenvalue weighted by Crippen LogP contribution is -2.35. The molecule has 2 aliphatic rings. The van der Waals surface area contributed by atoms with Crippen LogP contribution in [0.25, 0.3) is 0 Å². The minimum absolute atomic E-state index is 0.507. The molecule has 0 aromatic carbocycles. The summed E-state index contributed by atoms with van der Waals surface area (Å²) in [4.78, 5) is 0. The van der Waals surface area contributed by atoms with Crippen LogP contribution in [0.2, 0.25) is 0 Å². The fourth-order valence-electron chi connectivity index (χ4n) is 3.29. The van der Waals surface area contributed by atoms with Crippen molar-refractivity contribution in [3.8, 4) is 0 Å². The van der Waals surface area contributed by atoms with Gasteiger partial charge in [-0.2, -0.15) is 0 Å². The average molecular weight is 195 g/mol. The first-order valence-corrected chi connectivity index (χ1v) is 6.40. The van der Waals surface area contributed by atoms with E-state index in [0.717, 1.165) is 23.7 Å². The highest BCUT2D eigenvalue weighted by atomic mass is 14.7. The lowest BCUT2D eigenvalue weighted by molar-refractivity contribution is 0.186. The van der Waals surface area contributed by atoms with Gasteiger partial charge in [0.15, 0.2) is 0 Å². The number of nitrogens with two attached hydrogens (primary N) is 1. The molecule has 1 nitrogen and oxygen atoms in total. The molecule has 2 N–H and O–H groups in total. The van der Waals surface area contributed by atoms with Crippen molar-refractivity contribution in [1.29, 1.82) is 0 Å². The van der Waals surface area contributed by atoms with Crippen molar-refractivity contribution in [2.24, 2.45) is 29.4 Å². The largest absolute Gasteiger partial charge is 0.327 e. The molecule has 0 radical (unpaired) electrons. The average Bonchev–Trinajstić information content (AvgIpc) is 2.86. The van der Waals surface area contributed by atoms with Crippen LogP contribution in [0, 0.1) is 23.7 Å². The summed E-state index contributed by atoms with van der Waals surface area (Å²) >= 11 is 0. The van der Waals surface area contributed by atoms with Crippen molar-refractivity contribution >= 4 is 0 Å². The molecule has 3 atom stereocenters. The fraction of sp³-hybridized carbons (Fsp3) is 1.00. The van der Waals surface area contributed by atoms with E-state index < -0.39 is 0 Å². The van der Waals surface area contributed by atoms with Crippen LogP contribution in [0.5, 0.6) is 0 Å². The first kappa shape index (κ1) is 10.5. The monoisotopic (exact) mass is 195 g/mol. The highest BCUT2D eigenvalue weighted by Gasteiger charge is 2.31. The van der Waals surface area contributed by atoms with Gasteiger partial charge in [-0.25, -0.2) is 0 Å². The zero-order valence-corrected chi connectivity index (χ0v) is 9.71. The van der Waals surface area contributed by atoms with Gasteiger partial charge in [0, 0.05) is 6.04 Å². The van der Waals surface area contributed by atoms with E-state index in [4.69, 9.17) is 5.73 Å². The van der Waals surface area contributed by atoms with Crippen LogP contribution in [0.1, 0.15) is 52.4 Å². The van der Waals surface area contributed by atoms with Gasteiger partial charge in [-0.15, -0.1) is 0 Å². The molecule has 0 aliphatic heterocycles. The molecule has 2 rings (SSSR count). The van der Waals surface area contributed by atoms with E-state index in [-0.39, 0.29) is 0 Å². The van der Waals surface area contributed by atoms with E-state index >= 15 is 0 Å². The van der Waals surface area contributed by atoms with E-state index in [1.807, 2.05) is 0 Å².